The second-order valence-corrected chi connectivity index (χ2v) is 5.04. The number of carbonyl (C=O) groups is 1. The zero-order valence-electron chi connectivity index (χ0n) is 14.1. The summed E-state index contributed by atoms with van der Waals surface area (Å²) in [6.07, 6.45) is 0.766. The Morgan fingerprint density at radius 1 is 0.833 bits per heavy atom. The van der Waals surface area contributed by atoms with Crippen LogP contribution >= 0.6 is 0 Å². The first-order valence-electron chi connectivity index (χ1n) is 7.55. The number of anilines is 1. The van der Waals surface area contributed by atoms with Gasteiger partial charge in [-0.25, -0.2) is 0 Å². The van der Waals surface area contributed by atoms with Crippen LogP contribution in [0.2, 0.25) is 0 Å². The number of methoxy groups -OCH3 is 2. The molecular formula is C20H21NO3. The number of hydrogen-bond donors (Lipinski definition) is 1. The maximum atomic E-state index is 10.4. The van der Waals surface area contributed by atoms with Crippen molar-refractivity contribution in [1.29, 1.82) is 0 Å². The molecule has 0 heterocycles. The first kappa shape index (κ1) is 17.3. The van der Waals surface area contributed by atoms with Crippen molar-refractivity contribution in [3.8, 4) is 11.5 Å². The summed E-state index contributed by atoms with van der Waals surface area (Å²) in [6, 6.07) is 19.7. The fraction of sp³-hybridized carbons (Fsp3) is 0.150. The zero-order chi connectivity index (χ0) is 17.4. The fourth-order valence-corrected chi connectivity index (χ4v) is 2.27. The largest absolute Gasteiger partial charge is 0.493 e. The van der Waals surface area contributed by atoms with Crippen molar-refractivity contribution >= 4 is 22.7 Å². The Bertz CT molecular complexity index is 815. The summed E-state index contributed by atoms with van der Waals surface area (Å²) in [6.45, 7) is 0. The van der Waals surface area contributed by atoms with Crippen LogP contribution in [0.15, 0.2) is 60.7 Å². The molecular weight excluding hydrogens is 302 g/mol. The first-order chi connectivity index (χ1) is 11.7. The monoisotopic (exact) mass is 323 g/mol. The molecule has 0 aliphatic heterocycles. The van der Waals surface area contributed by atoms with Gasteiger partial charge in [0.15, 0.2) is 11.5 Å². The molecule has 0 bridgehead atoms. The Hall–Kier alpha value is -3.01. The van der Waals surface area contributed by atoms with Gasteiger partial charge in [0.2, 0.25) is 0 Å². The van der Waals surface area contributed by atoms with Gasteiger partial charge in [0.25, 0.3) is 0 Å². The lowest BCUT2D eigenvalue weighted by Crippen LogP contribution is -1.91. The Labute approximate surface area is 142 Å². The van der Waals surface area contributed by atoms with Gasteiger partial charge in [-0.05, 0) is 41.1 Å². The van der Waals surface area contributed by atoms with Gasteiger partial charge in [0.1, 0.15) is 6.29 Å². The van der Waals surface area contributed by atoms with E-state index < -0.39 is 0 Å². The third-order valence-corrected chi connectivity index (χ3v) is 3.58. The molecule has 0 saturated carbocycles. The van der Waals surface area contributed by atoms with E-state index in [0.717, 1.165) is 12.0 Å². The average molecular weight is 323 g/mol. The standard InChI is InChI=1S/C11H11N.C9H10O3/c1-12-11-7-6-9-4-2-3-5-10(9)8-11;1-11-8-4-3-7(6-10)5-9(8)12-2/h2-8,12H,1H3;3-6H,1-2H3. The topological polar surface area (TPSA) is 47.6 Å². The minimum atomic E-state index is 0.571. The first-order valence-corrected chi connectivity index (χ1v) is 7.55. The number of fused-ring (bicyclic) bond motifs is 1. The summed E-state index contributed by atoms with van der Waals surface area (Å²) in [4.78, 5) is 10.4. The number of nitrogens with one attached hydrogen (secondary N) is 1. The van der Waals surface area contributed by atoms with Gasteiger partial charge in [-0.15, -0.1) is 0 Å². The van der Waals surface area contributed by atoms with Crippen molar-refractivity contribution < 1.29 is 14.3 Å². The molecule has 0 aliphatic carbocycles. The van der Waals surface area contributed by atoms with Crippen LogP contribution in [0.3, 0.4) is 0 Å². The molecule has 3 aromatic carbocycles. The minimum Gasteiger partial charge on any atom is -0.493 e. The predicted molar refractivity (Wildman–Crippen MR) is 98.4 cm³/mol. The smallest absolute Gasteiger partial charge is 0.161 e. The van der Waals surface area contributed by atoms with E-state index in [1.165, 1.54) is 17.9 Å². The van der Waals surface area contributed by atoms with Crippen LogP contribution in [0.25, 0.3) is 10.8 Å². The molecule has 0 radical (unpaired) electrons. The number of aldehydes is 1. The molecule has 24 heavy (non-hydrogen) atoms. The van der Waals surface area contributed by atoms with Crippen molar-refractivity contribution in [3.05, 3.63) is 66.2 Å². The van der Waals surface area contributed by atoms with Gasteiger partial charge in [0, 0.05) is 18.3 Å². The second kappa shape index (κ2) is 8.58. The molecule has 124 valence electrons. The van der Waals surface area contributed by atoms with Crippen LogP contribution in [0.1, 0.15) is 10.4 Å². The quantitative estimate of drug-likeness (QED) is 0.723. The van der Waals surface area contributed by atoms with Crippen molar-refractivity contribution in [2.75, 3.05) is 26.6 Å². The third-order valence-electron chi connectivity index (χ3n) is 3.58. The van der Waals surface area contributed by atoms with E-state index in [0.29, 0.717) is 17.1 Å². The van der Waals surface area contributed by atoms with Crippen LogP contribution in [-0.2, 0) is 0 Å². The normalized spacial score (nSPS) is 9.62. The highest BCUT2D eigenvalue weighted by Gasteiger charge is 2.02. The Morgan fingerprint density at radius 2 is 1.54 bits per heavy atom. The summed E-state index contributed by atoms with van der Waals surface area (Å²) in [7, 11) is 5.02. The molecule has 3 rings (SSSR count). The van der Waals surface area contributed by atoms with E-state index in [-0.39, 0.29) is 0 Å². The minimum absolute atomic E-state index is 0.571. The molecule has 4 nitrogen and oxygen atoms in total. The summed E-state index contributed by atoms with van der Waals surface area (Å²) in [5, 5.41) is 5.69. The highest BCUT2D eigenvalue weighted by molar-refractivity contribution is 5.85. The van der Waals surface area contributed by atoms with E-state index in [1.54, 1.807) is 25.3 Å². The maximum absolute atomic E-state index is 10.4. The SMILES string of the molecule is CNc1ccc2ccccc2c1.COc1ccc(C=O)cc1OC. The molecule has 3 aromatic rings. The third kappa shape index (κ3) is 4.26. The van der Waals surface area contributed by atoms with Crippen molar-refractivity contribution in [2.45, 2.75) is 0 Å². The average Bonchev–Trinajstić information content (AvgIpc) is 2.67. The molecule has 0 saturated heterocycles. The lowest BCUT2D eigenvalue weighted by Gasteiger charge is -2.06. The molecule has 0 amide bonds. The number of carbonyl (C=O) groups excluding carboxylic acids is 1. The van der Waals surface area contributed by atoms with Crippen LogP contribution < -0.4 is 14.8 Å². The lowest BCUT2D eigenvalue weighted by atomic mass is 10.1. The van der Waals surface area contributed by atoms with Crippen LogP contribution in [0.4, 0.5) is 5.69 Å². The molecule has 0 aromatic heterocycles. The Balaban J connectivity index is 0.000000174. The summed E-state index contributed by atoms with van der Waals surface area (Å²) in [5.74, 6) is 1.20. The van der Waals surface area contributed by atoms with Gasteiger partial charge < -0.3 is 14.8 Å². The lowest BCUT2D eigenvalue weighted by molar-refractivity contribution is 0.112. The molecule has 1 N–H and O–H groups in total. The molecule has 4 heteroatoms. The summed E-state index contributed by atoms with van der Waals surface area (Å²) in [5.41, 5.74) is 1.74. The molecule has 0 aliphatic rings. The molecule has 0 unspecified atom stereocenters. The predicted octanol–water partition coefficient (Wildman–Crippen LogP) is 4.40. The molecule has 0 spiro atoms. The summed E-state index contributed by atoms with van der Waals surface area (Å²) >= 11 is 0. The highest BCUT2D eigenvalue weighted by atomic mass is 16.5. The fourth-order valence-electron chi connectivity index (χ4n) is 2.27. The van der Waals surface area contributed by atoms with Crippen LogP contribution in [0.5, 0.6) is 11.5 Å². The number of rotatable bonds is 4. The van der Waals surface area contributed by atoms with Crippen LogP contribution in [0, 0.1) is 0 Å². The van der Waals surface area contributed by atoms with Gasteiger partial charge in [-0.3, -0.25) is 4.79 Å². The second-order valence-electron chi connectivity index (χ2n) is 5.04. The van der Waals surface area contributed by atoms with E-state index in [4.69, 9.17) is 9.47 Å². The van der Waals surface area contributed by atoms with E-state index in [1.807, 2.05) is 7.05 Å². The zero-order valence-corrected chi connectivity index (χ0v) is 14.1. The van der Waals surface area contributed by atoms with E-state index >= 15 is 0 Å². The number of ether oxygens (including phenoxy) is 2. The van der Waals surface area contributed by atoms with E-state index in [9.17, 15) is 4.79 Å². The Morgan fingerprint density at radius 3 is 2.17 bits per heavy atom. The van der Waals surface area contributed by atoms with Crippen molar-refractivity contribution in [1.82, 2.24) is 0 Å². The van der Waals surface area contributed by atoms with Crippen LogP contribution in [-0.4, -0.2) is 27.6 Å². The van der Waals surface area contributed by atoms with Gasteiger partial charge in [-0.2, -0.15) is 0 Å². The molecule has 0 fully saturated rings. The number of benzene rings is 3. The maximum Gasteiger partial charge on any atom is 0.161 e. The van der Waals surface area contributed by atoms with E-state index in [2.05, 4.69) is 47.8 Å². The summed E-state index contributed by atoms with van der Waals surface area (Å²) < 4.78 is 9.99. The Kier molecular flexibility index (Phi) is 6.20. The van der Waals surface area contributed by atoms with Gasteiger partial charge >= 0.3 is 0 Å². The van der Waals surface area contributed by atoms with Gasteiger partial charge in [-0.1, -0.05) is 30.3 Å². The van der Waals surface area contributed by atoms with Crippen molar-refractivity contribution in [2.24, 2.45) is 0 Å². The number of hydrogen-bond acceptors (Lipinski definition) is 4. The van der Waals surface area contributed by atoms with Crippen molar-refractivity contribution in [3.63, 3.8) is 0 Å². The molecule has 0 atom stereocenters. The highest BCUT2D eigenvalue weighted by Crippen LogP contribution is 2.26. The van der Waals surface area contributed by atoms with Gasteiger partial charge in [0.05, 0.1) is 14.2 Å².